The maximum atomic E-state index is 12.6. The number of nitro groups is 1. The van der Waals surface area contributed by atoms with E-state index in [-0.39, 0.29) is 16.8 Å². The fourth-order valence-corrected chi connectivity index (χ4v) is 2.45. The van der Waals surface area contributed by atoms with Crippen molar-refractivity contribution in [3.63, 3.8) is 0 Å². The van der Waals surface area contributed by atoms with Crippen LogP contribution in [0.1, 0.15) is 28.4 Å². The minimum atomic E-state index is -1.41. The molecule has 1 unspecified atom stereocenters. The van der Waals surface area contributed by atoms with Gasteiger partial charge in [-0.05, 0) is 17.7 Å². The highest BCUT2D eigenvalue weighted by molar-refractivity contribution is 5.95. The first-order chi connectivity index (χ1) is 12.8. The number of nitrogens with one attached hydrogen (secondary N) is 1. The van der Waals surface area contributed by atoms with E-state index in [1.165, 1.54) is 50.6 Å². The second kappa shape index (κ2) is 8.65. The number of nitro benzene ring substituents is 1. The number of carbonyl (C=O) groups is 2. The standard InChI is InChI=1S/C18H18N2O7/c1-26-14-7-12(8-15(9-14)27-2)18(23)19-16(10-17(21)22)11-4-3-5-13(6-11)20(24)25/h3-9,16H,10H2,1-2H3,(H,19,23)(H,21,22)/p-1. The Kier molecular flexibility index (Phi) is 6.32. The molecule has 0 radical (unpaired) electrons. The monoisotopic (exact) mass is 373 g/mol. The van der Waals surface area contributed by atoms with Gasteiger partial charge in [-0.25, -0.2) is 0 Å². The van der Waals surface area contributed by atoms with Crippen molar-refractivity contribution in [3.8, 4) is 11.5 Å². The number of rotatable bonds is 8. The third-order valence-corrected chi connectivity index (χ3v) is 3.77. The van der Waals surface area contributed by atoms with Gasteiger partial charge in [0, 0.05) is 36.2 Å². The summed E-state index contributed by atoms with van der Waals surface area (Å²) in [5, 5.41) is 24.6. The third-order valence-electron chi connectivity index (χ3n) is 3.77. The number of carboxylic acids is 1. The molecule has 0 aliphatic heterocycles. The normalized spacial score (nSPS) is 11.3. The van der Waals surface area contributed by atoms with Gasteiger partial charge in [-0.2, -0.15) is 0 Å². The molecule has 142 valence electrons. The van der Waals surface area contributed by atoms with Crippen molar-refractivity contribution in [3.05, 3.63) is 63.7 Å². The Morgan fingerprint density at radius 1 is 1.11 bits per heavy atom. The van der Waals surface area contributed by atoms with E-state index >= 15 is 0 Å². The lowest BCUT2D eigenvalue weighted by atomic mass is 10.0. The van der Waals surface area contributed by atoms with E-state index in [1.54, 1.807) is 6.07 Å². The largest absolute Gasteiger partial charge is 0.550 e. The van der Waals surface area contributed by atoms with Crippen LogP contribution >= 0.6 is 0 Å². The Bertz CT molecular complexity index is 844. The lowest BCUT2D eigenvalue weighted by Crippen LogP contribution is -2.34. The molecule has 9 heteroatoms. The van der Waals surface area contributed by atoms with Crippen LogP contribution in [0.2, 0.25) is 0 Å². The van der Waals surface area contributed by atoms with E-state index in [4.69, 9.17) is 9.47 Å². The average Bonchev–Trinajstić information content (AvgIpc) is 2.66. The Balaban J connectivity index is 2.33. The Hall–Kier alpha value is -3.62. The highest BCUT2D eigenvalue weighted by Crippen LogP contribution is 2.25. The molecule has 1 atom stereocenters. The number of hydrogen-bond donors (Lipinski definition) is 1. The van der Waals surface area contributed by atoms with Crippen molar-refractivity contribution in [1.29, 1.82) is 0 Å². The van der Waals surface area contributed by atoms with Crippen LogP contribution in [0, 0.1) is 10.1 Å². The van der Waals surface area contributed by atoms with Crippen LogP contribution in [-0.4, -0.2) is 31.0 Å². The molecule has 1 amide bonds. The summed E-state index contributed by atoms with van der Waals surface area (Å²) in [5.41, 5.74) is 0.240. The fourth-order valence-electron chi connectivity index (χ4n) is 2.45. The number of amides is 1. The molecular formula is C18H17N2O7-. The molecule has 0 aromatic heterocycles. The second-order valence-electron chi connectivity index (χ2n) is 5.56. The molecule has 0 heterocycles. The molecule has 0 aliphatic carbocycles. The summed E-state index contributed by atoms with van der Waals surface area (Å²) >= 11 is 0. The summed E-state index contributed by atoms with van der Waals surface area (Å²) in [6.45, 7) is 0. The second-order valence-corrected chi connectivity index (χ2v) is 5.56. The van der Waals surface area contributed by atoms with Crippen LogP contribution in [0.4, 0.5) is 5.69 Å². The smallest absolute Gasteiger partial charge is 0.269 e. The number of non-ortho nitro benzene ring substituents is 1. The maximum Gasteiger partial charge on any atom is 0.269 e. The van der Waals surface area contributed by atoms with Crippen molar-refractivity contribution in [2.24, 2.45) is 0 Å². The van der Waals surface area contributed by atoms with E-state index in [0.717, 1.165) is 0 Å². The molecule has 2 rings (SSSR count). The van der Waals surface area contributed by atoms with Crippen LogP contribution in [0.15, 0.2) is 42.5 Å². The highest BCUT2D eigenvalue weighted by Gasteiger charge is 2.19. The summed E-state index contributed by atoms with van der Waals surface area (Å²) in [6, 6.07) is 8.87. The predicted molar refractivity (Wildman–Crippen MR) is 92.5 cm³/mol. The van der Waals surface area contributed by atoms with Gasteiger partial charge < -0.3 is 24.7 Å². The number of benzene rings is 2. The SMILES string of the molecule is COc1cc(OC)cc(C(=O)NC(CC(=O)[O-])c2cccc([N+](=O)[O-])c2)c1. The molecule has 2 aromatic rings. The minimum Gasteiger partial charge on any atom is -0.550 e. The molecule has 9 nitrogen and oxygen atoms in total. The molecule has 0 saturated carbocycles. The molecule has 0 spiro atoms. The molecule has 27 heavy (non-hydrogen) atoms. The van der Waals surface area contributed by atoms with Gasteiger partial charge >= 0.3 is 0 Å². The molecule has 0 aliphatic rings. The van der Waals surface area contributed by atoms with E-state index in [0.29, 0.717) is 11.5 Å². The van der Waals surface area contributed by atoms with Gasteiger partial charge in [-0.15, -0.1) is 0 Å². The van der Waals surface area contributed by atoms with Gasteiger partial charge in [0.05, 0.1) is 25.2 Å². The zero-order valence-electron chi connectivity index (χ0n) is 14.6. The van der Waals surface area contributed by atoms with Crippen LogP contribution < -0.4 is 19.9 Å². The molecule has 0 saturated heterocycles. The lowest BCUT2D eigenvalue weighted by molar-refractivity contribution is -0.385. The van der Waals surface area contributed by atoms with Gasteiger partial charge in [0.15, 0.2) is 0 Å². The summed E-state index contributed by atoms with van der Waals surface area (Å²) < 4.78 is 10.2. The zero-order chi connectivity index (χ0) is 20.0. The van der Waals surface area contributed by atoms with E-state index in [1.807, 2.05) is 0 Å². The van der Waals surface area contributed by atoms with Crippen LogP contribution in [0.3, 0.4) is 0 Å². The lowest BCUT2D eigenvalue weighted by Gasteiger charge is -2.20. The first kappa shape index (κ1) is 19.7. The van der Waals surface area contributed by atoms with Gasteiger partial charge in [-0.1, -0.05) is 12.1 Å². The van der Waals surface area contributed by atoms with Crippen molar-refractivity contribution in [2.45, 2.75) is 12.5 Å². The van der Waals surface area contributed by atoms with E-state index in [2.05, 4.69) is 5.32 Å². The minimum absolute atomic E-state index is 0.181. The van der Waals surface area contributed by atoms with Gasteiger partial charge in [0.25, 0.3) is 11.6 Å². The quantitative estimate of drug-likeness (QED) is 0.544. The zero-order valence-corrected chi connectivity index (χ0v) is 14.6. The van der Waals surface area contributed by atoms with Crippen molar-refractivity contribution >= 4 is 17.6 Å². The predicted octanol–water partition coefficient (Wildman–Crippen LogP) is 1.22. The summed E-state index contributed by atoms with van der Waals surface area (Å²) in [6.07, 6.45) is -0.548. The summed E-state index contributed by atoms with van der Waals surface area (Å²) in [5.74, 6) is -1.24. The summed E-state index contributed by atoms with van der Waals surface area (Å²) in [4.78, 5) is 34.0. The van der Waals surface area contributed by atoms with Crippen molar-refractivity contribution < 1.29 is 29.1 Å². The van der Waals surface area contributed by atoms with Gasteiger partial charge in [-0.3, -0.25) is 14.9 Å². The third kappa shape index (κ3) is 5.18. The van der Waals surface area contributed by atoms with E-state index < -0.39 is 29.3 Å². The van der Waals surface area contributed by atoms with Gasteiger partial charge in [0.2, 0.25) is 0 Å². The number of carboxylic acid groups (broad SMARTS) is 1. The molecular weight excluding hydrogens is 356 g/mol. The summed E-state index contributed by atoms with van der Waals surface area (Å²) in [7, 11) is 2.86. The van der Waals surface area contributed by atoms with Gasteiger partial charge in [0.1, 0.15) is 11.5 Å². The highest BCUT2D eigenvalue weighted by atomic mass is 16.6. The van der Waals surface area contributed by atoms with Crippen LogP contribution in [0.5, 0.6) is 11.5 Å². The Morgan fingerprint density at radius 2 is 1.74 bits per heavy atom. The van der Waals surface area contributed by atoms with Crippen LogP contribution in [0.25, 0.3) is 0 Å². The molecule has 1 N–H and O–H groups in total. The first-order valence-electron chi connectivity index (χ1n) is 7.82. The van der Waals surface area contributed by atoms with E-state index in [9.17, 15) is 24.8 Å². The fraction of sp³-hybridized carbons (Fsp3) is 0.222. The molecule has 2 aromatic carbocycles. The number of aliphatic carboxylic acids is 1. The first-order valence-corrected chi connectivity index (χ1v) is 7.82. The number of nitrogens with zero attached hydrogens (tertiary/aromatic N) is 1. The Labute approximate surface area is 154 Å². The molecule has 0 fully saturated rings. The maximum absolute atomic E-state index is 12.6. The van der Waals surface area contributed by atoms with Crippen molar-refractivity contribution in [2.75, 3.05) is 14.2 Å². The number of carbonyl (C=O) groups excluding carboxylic acids is 2. The number of ether oxygens (including phenoxy) is 2. The number of methoxy groups -OCH3 is 2. The topological polar surface area (TPSA) is 131 Å². The van der Waals surface area contributed by atoms with Crippen molar-refractivity contribution in [1.82, 2.24) is 5.32 Å². The number of hydrogen-bond acceptors (Lipinski definition) is 7. The Morgan fingerprint density at radius 3 is 2.26 bits per heavy atom. The van der Waals surface area contributed by atoms with Crippen LogP contribution in [-0.2, 0) is 4.79 Å². The average molecular weight is 373 g/mol. The molecule has 0 bridgehead atoms.